The molecule has 1 aromatic rings. The third-order valence-corrected chi connectivity index (χ3v) is 3.60. The number of likely N-dealkylation sites (tertiary alicyclic amines) is 1. The molecule has 2 rings (SSSR count). The van der Waals surface area contributed by atoms with Crippen LogP contribution in [0.2, 0.25) is 0 Å². The van der Waals surface area contributed by atoms with Gasteiger partial charge in [-0.25, -0.2) is 4.39 Å². The van der Waals surface area contributed by atoms with E-state index in [0.717, 1.165) is 31.5 Å². The van der Waals surface area contributed by atoms with Gasteiger partial charge in [0.1, 0.15) is 5.82 Å². The van der Waals surface area contributed by atoms with Crippen LogP contribution >= 0.6 is 0 Å². The van der Waals surface area contributed by atoms with E-state index in [1.54, 1.807) is 6.07 Å². The van der Waals surface area contributed by atoms with Gasteiger partial charge in [-0.05, 0) is 31.4 Å². The van der Waals surface area contributed by atoms with Crippen LogP contribution in [0.25, 0.3) is 0 Å². The van der Waals surface area contributed by atoms with E-state index >= 15 is 0 Å². The van der Waals surface area contributed by atoms with Gasteiger partial charge in [0.25, 0.3) is 0 Å². The van der Waals surface area contributed by atoms with Crippen LogP contribution in [-0.4, -0.2) is 30.4 Å². The summed E-state index contributed by atoms with van der Waals surface area (Å²) in [5, 5.41) is 2.93. The fraction of sp³-hybridized carbons (Fsp3) is 0.533. The number of halogens is 1. The summed E-state index contributed by atoms with van der Waals surface area (Å²) in [6.45, 7) is 3.66. The highest BCUT2D eigenvalue weighted by atomic mass is 19.1. The number of nitrogens with one attached hydrogen (secondary N) is 1. The van der Waals surface area contributed by atoms with Gasteiger partial charge in [0.05, 0.1) is 12.2 Å². The predicted octanol–water partition coefficient (Wildman–Crippen LogP) is 2.95. The summed E-state index contributed by atoms with van der Waals surface area (Å²) in [5.41, 5.74) is 1.26. The Kier molecular flexibility index (Phi) is 4.77. The molecule has 1 aromatic carbocycles. The smallest absolute Gasteiger partial charge is 0.241 e. The number of anilines is 1. The van der Waals surface area contributed by atoms with E-state index in [4.69, 9.17) is 0 Å². The summed E-state index contributed by atoms with van der Waals surface area (Å²) in [5.74, 6) is -0.242. The third-order valence-electron chi connectivity index (χ3n) is 3.60. The highest BCUT2D eigenvalue weighted by Crippen LogP contribution is 2.18. The molecule has 1 N–H and O–H groups in total. The molecule has 1 aliphatic heterocycles. The van der Waals surface area contributed by atoms with Gasteiger partial charge in [-0.2, -0.15) is 0 Å². The van der Waals surface area contributed by atoms with Crippen LogP contribution in [0.3, 0.4) is 0 Å². The van der Waals surface area contributed by atoms with Crippen molar-refractivity contribution in [3.8, 4) is 0 Å². The van der Waals surface area contributed by atoms with E-state index in [-0.39, 0.29) is 18.3 Å². The second-order valence-electron chi connectivity index (χ2n) is 5.08. The second kappa shape index (κ2) is 6.55. The Balaban J connectivity index is 1.92. The highest BCUT2D eigenvalue weighted by Gasteiger charge is 2.15. The van der Waals surface area contributed by atoms with Gasteiger partial charge in [0, 0.05) is 13.1 Å². The average molecular weight is 264 g/mol. The molecule has 104 valence electrons. The molecule has 0 spiro atoms. The lowest BCUT2D eigenvalue weighted by Crippen LogP contribution is -2.36. The predicted molar refractivity (Wildman–Crippen MR) is 74.7 cm³/mol. The second-order valence-corrected chi connectivity index (χ2v) is 5.08. The Morgan fingerprint density at radius 1 is 1.26 bits per heavy atom. The number of rotatable bonds is 3. The monoisotopic (exact) mass is 264 g/mol. The molecule has 19 heavy (non-hydrogen) atoms. The van der Waals surface area contributed by atoms with Crippen molar-refractivity contribution in [3.63, 3.8) is 0 Å². The normalized spacial score (nSPS) is 16.0. The van der Waals surface area contributed by atoms with E-state index in [9.17, 15) is 9.18 Å². The van der Waals surface area contributed by atoms with Crippen molar-refractivity contribution in [1.29, 1.82) is 0 Å². The standard InChI is InChI=1S/C15H21FN2O/c1-12-7-6-8-13(16)15(12)17-11-14(19)18-9-4-2-3-5-10-18/h6-8,17H,2-5,9-11H2,1H3. The SMILES string of the molecule is Cc1cccc(F)c1NCC(=O)N1CCCCCC1. The molecule has 1 heterocycles. The van der Waals surface area contributed by atoms with Gasteiger partial charge >= 0.3 is 0 Å². The van der Waals surface area contributed by atoms with Gasteiger partial charge < -0.3 is 10.2 Å². The zero-order chi connectivity index (χ0) is 13.7. The summed E-state index contributed by atoms with van der Waals surface area (Å²) in [4.78, 5) is 14.0. The maximum absolute atomic E-state index is 13.6. The van der Waals surface area contributed by atoms with Gasteiger partial charge in [-0.1, -0.05) is 25.0 Å². The van der Waals surface area contributed by atoms with Crippen LogP contribution in [0.4, 0.5) is 10.1 Å². The van der Waals surface area contributed by atoms with Crippen LogP contribution in [0, 0.1) is 12.7 Å². The number of carbonyl (C=O) groups is 1. The number of hydrogen-bond acceptors (Lipinski definition) is 2. The summed E-state index contributed by atoms with van der Waals surface area (Å²) in [6.07, 6.45) is 4.54. The fourth-order valence-corrected chi connectivity index (χ4v) is 2.45. The van der Waals surface area contributed by atoms with Crippen LogP contribution < -0.4 is 5.32 Å². The lowest BCUT2D eigenvalue weighted by molar-refractivity contribution is -0.129. The Labute approximate surface area is 113 Å². The van der Waals surface area contributed by atoms with Crippen molar-refractivity contribution in [2.45, 2.75) is 32.6 Å². The minimum absolute atomic E-state index is 0.0598. The molecule has 0 saturated carbocycles. The van der Waals surface area contributed by atoms with Crippen molar-refractivity contribution in [2.75, 3.05) is 25.0 Å². The zero-order valence-electron chi connectivity index (χ0n) is 11.4. The fourth-order valence-electron chi connectivity index (χ4n) is 2.45. The maximum atomic E-state index is 13.6. The Morgan fingerprint density at radius 2 is 1.95 bits per heavy atom. The molecular weight excluding hydrogens is 243 g/mol. The van der Waals surface area contributed by atoms with E-state index in [1.165, 1.54) is 18.9 Å². The van der Waals surface area contributed by atoms with Crippen LogP contribution in [0.15, 0.2) is 18.2 Å². The van der Waals surface area contributed by atoms with E-state index in [2.05, 4.69) is 5.32 Å². The molecule has 1 fully saturated rings. The zero-order valence-corrected chi connectivity index (χ0v) is 11.4. The first-order valence-corrected chi connectivity index (χ1v) is 6.95. The number of nitrogens with zero attached hydrogens (tertiary/aromatic N) is 1. The topological polar surface area (TPSA) is 32.3 Å². The van der Waals surface area contributed by atoms with E-state index in [1.807, 2.05) is 17.9 Å². The molecule has 0 bridgehead atoms. The quantitative estimate of drug-likeness (QED) is 0.910. The van der Waals surface area contributed by atoms with E-state index < -0.39 is 0 Å². The number of amides is 1. The first-order chi connectivity index (χ1) is 9.18. The first-order valence-electron chi connectivity index (χ1n) is 6.95. The van der Waals surface area contributed by atoms with Crippen molar-refractivity contribution in [1.82, 2.24) is 4.90 Å². The van der Waals surface area contributed by atoms with E-state index in [0.29, 0.717) is 5.69 Å². The Bertz CT molecular complexity index is 420. The van der Waals surface area contributed by atoms with Crippen LogP contribution in [-0.2, 0) is 4.79 Å². The Morgan fingerprint density at radius 3 is 2.58 bits per heavy atom. The number of carbonyl (C=O) groups excluding carboxylic acids is 1. The summed E-state index contributed by atoms with van der Waals surface area (Å²) in [6, 6.07) is 4.92. The lowest BCUT2D eigenvalue weighted by Gasteiger charge is -2.21. The number of benzene rings is 1. The third kappa shape index (κ3) is 3.69. The molecule has 0 aromatic heterocycles. The number of para-hydroxylation sites is 1. The minimum atomic E-state index is -0.302. The van der Waals surface area contributed by atoms with Crippen molar-refractivity contribution >= 4 is 11.6 Å². The molecule has 1 saturated heterocycles. The molecule has 0 unspecified atom stereocenters. The van der Waals surface area contributed by atoms with Crippen LogP contribution in [0.5, 0.6) is 0 Å². The number of aryl methyl sites for hydroxylation is 1. The average Bonchev–Trinajstić information content (AvgIpc) is 2.66. The Hall–Kier alpha value is -1.58. The van der Waals surface area contributed by atoms with Gasteiger partial charge in [0.15, 0.2) is 0 Å². The molecule has 0 radical (unpaired) electrons. The summed E-state index contributed by atoms with van der Waals surface area (Å²) >= 11 is 0. The largest absolute Gasteiger partial charge is 0.374 e. The van der Waals surface area contributed by atoms with Crippen molar-refractivity contribution in [3.05, 3.63) is 29.6 Å². The molecule has 4 heteroatoms. The minimum Gasteiger partial charge on any atom is -0.374 e. The van der Waals surface area contributed by atoms with Gasteiger partial charge in [0.2, 0.25) is 5.91 Å². The van der Waals surface area contributed by atoms with Crippen molar-refractivity contribution in [2.24, 2.45) is 0 Å². The number of hydrogen-bond donors (Lipinski definition) is 1. The van der Waals surface area contributed by atoms with Gasteiger partial charge in [-0.3, -0.25) is 4.79 Å². The molecule has 1 aliphatic rings. The summed E-state index contributed by atoms with van der Waals surface area (Å²) < 4.78 is 13.6. The van der Waals surface area contributed by atoms with Gasteiger partial charge in [-0.15, -0.1) is 0 Å². The first kappa shape index (κ1) is 13.8. The molecule has 0 aliphatic carbocycles. The molecular formula is C15H21FN2O. The lowest BCUT2D eigenvalue weighted by atomic mass is 10.2. The highest BCUT2D eigenvalue weighted by molar-refractivity contribution is 5.81. The maximum Gasteiger partial charge on any atom is 0.241 e. The molecule has 3 nitrogen and oxygen atoms in total. The van der Waals surface area contributed by atoms with Crippen molar-refractivity contribution < 1.29 is 9.18 Å². The molecule has 0 atom stereocenters. The summed E-state index contributed by atoms with van der Waals surface area (Å²) in [7, 11) is 0. The molecule has 1 amide bonds. The van der Waals surface area contributed by atoms with Crippen LogP contribution in [0.1, 0.15) is 31.2 Å².